The summed E-state index contributed by atoms with van der Waals surface area (Å²) in [7, 11) is 0. The first-order valence-electron chi connectivity index (χ1n) is 7.48. The topological polar surface area (TPSA) is 115 Å². The fourth-order valence-electron chi connectivity index (χ4n) is 2.38. The monoisotopic (exact) mass is 411 g/mol. The van der Waals surface area contributed by atoms with Crippen molar-refractivity contribution in [2.75, 3.05) is 18.0 Å². The minimum Gasteiger partial charge on any atom is -0.481 e. The van der Waals surface area contributed by atoms with Gasteiger partial charge >= 0.3 is 18.1 Å². The zero-order valence-corrected chi connectivity index (χ0v) is 14.4. The van der Waals surface area contributed by atoms with Crippen LogP contribution < -0.4 is 4.90 Å². The first-order chi connectivity index (χ1) is 12.5. The number of carboxylic acids is 2. The number of halogens is 5. The van der Waals surface area contributed by atoms with E-state index in [2.05, 4.69) is 4.98 Å². The standard InChI is InChI=1S/C13H13ClFN3O2.C2HF3O2/c14-12-10(15)6-9(7-16)13(17-12)18-3-1-8(2-4-18)5-11(19)20;3-2(4,5)1(6)7/h6,8H,1-5H2,(H,19,20);(H,6,7). The summed E-state index contributed by atoms with van der Waals surface area (Å²) in [5.41, 5.74) is 0.142. The molecular weight excluding hydrogens is 398 g/mol. The highest BCUT2D eigenvalue weighted by Gasteiger charge is 2.38. The molecule has 0 aliphatic carbocycles. The molecule has 2 N–H and O–H groups in total. The summed E-state index contributed by atoms with van der Waals surface area (Å²) >= 11 is 5.66. The average molecular weight is 412 g/mol. The summed E-state index contributed by atoms with van der Waals surface area (Å²) < 4.78 is 45.0. The Morgan fingerprint density at radius 2 is 1.85 bits per heavy atom. The number of nitriles is 1. The maximum atomic E-state index is 13.3. The van der Waals surface area contributed by atoms with Crippen molar-refractivity contribution < 1.29 is 37.4 Å². The molecule has 7 nitrogen and oxygen atoms in total. The number of aromatic nitrogens is 1. The van der Waals surface area contributed by atoms with Gasteiger partial charge in [0.25, 0.3) is 0 Å². The molecule has 0 amide bonds. The van der Waals surface area contributed by atoms with Crippen LogP contribution in [0.3, 0.4) is 0 Å². The second-order valence-electron chi connectivity index (χ2n) is 5.58. The highest BCUT2D eigenvalue weighted by Crippen LogP contribution is 2.28. The summed E-state index contributed by atoms with van der Waals surface area (Å²) in [5.74, 6) is -3.78. The van der Waals surface area contributed by atoms with Crippen LogP contribution in [0, 0.1) is 23.1 Å². The number of anilines is 1. The largest absolute Gasteiger partial charge is 0.490 e. The number of alkyl halides is 3. The fraction of sp³-hybridized carbons (Fsp3) is 0.467. The van der Waals surface area contributed by atoms with E-state index in [4.69, 9.17) is 31.9 Å². The minimum absolute atomic E-state index is 0.130. The fourth-order valence-corrected chi connectivity index (χ4v) is 2.51. The Balaban J connectivity index is 0.000000445. The highest BCUT2D eigenvalue weighted by atomic mass is 35.5. The maximum Gasteiger partial charge on any atom is 0.490 e. The minimum atomic E-state index is -5.08. The highest BCUT2D eigenvalue weighted by molar-refractivity contribution is 6.29. The molecule has 2 rings (SSSR count). The lowest BCUT2D eigenvalue weighted by Crippen LogP contribution is -2.35. The van der Waals surface area contributed by atoms with Gasteiger partial charge in [-0.05, 0) is 24.8 Å². The molecule has 2 heterocycles. The lowest BCUT2D eigenvalue weighted by molar-refractivity contribution is -0.192. The van der Waals surface area contributed by atoms with Crippen LogP contribution in [0.15, 0.2) is 6.07 Å². The van der Waals surface area contributed by atoms with Crippen molar-refractivity contribution in [3.8, 4) is 6.07 Å². The molecule has 12 heteroatoms. The van der Waals surface area contributed by atoms with Crippen LogP contribution in [0.2, 0.25) is 5.15 Å². The molecule has 1 aromatic heterocycles. The number of hydrogen-bond donors (Lipinski definition) is 2. The van der Waals surface area contributed by atoms with Gasteiger partial charge in [0.05, 0.1) is 5.56 Å². The Labute approximate surface area is 155 Å². The van der Waals surface area contributed by atoms with Gasteiger partial charge in [-0.1, -0.05) is 11.6 Å². The van der Waals surface area contributed by atoms with Crippen molar-refractivity contribution in [3.05, 3.63) is 22.6 Å². The second-order valence-corrected chi connectivity index (χ2v) is 5.93. The van der Waals surface area contributed by atoms with E-state index in [9.17, 15) is 22.4 Å². The third kappa shape index (κ3) is 6.90. The summed E-state index contributed by atoms with van der Waals surface area (Å²) in [5, 5.41) is 24.7. The molecule has 148 valence electrons. The first-order valence-corrected chi connectivity index (χ1v) is 7.86. The van der Waals surface area contributed by atoms with E-state index < -0.39 is 23.9 Å². The lowest BCUT2D eigenvalue weighted by atomic mass is 9.93. The molecule has 1 fully saturated rings. The van der Waals surface area contributed by atoms with E-state index in [-0.39, 0.29) is 23.1 Å². The predicted molar refractivity (Wildman–Crippen MR) is 84.8 cm³/mol. The number of aliphatic carboxylic acids is 2. The molecule has 0 unspecified atom stereocenters. The van der Waals surface area contributed by atoms with Gasteiger partial charge in [0.2, 0.25) is 0 Å². The van der Waals surface area contributed by atoms with Crippen LogP contribution >= 0.6 is 11.6 Å². The van der Waals surface area contributed by atoms with Gasteiger partial charge in [-0.2, -0.15) is 18.4 Å². The summed E-state index contributed by atoms with van der Waals surface area (Å²) in [4.78, 5) is 25.3. The molecular formula is C15H14ClF4N3O4. The maximum absolute atomic E-state index is 13.3. The van der Waals surface area contributed by atoms with Crippen molar-refractivity contribution in [3.63, 3.8) is 0 Å². The number of nitrogens with zero attached hydrogens (tertiary/aromatic N) is 3. The molecule has 1 aliphatic heterocycles. The Bertz CT molecular complexity index is 744. The van der Waals surface area contributed by atoms with E-state index in [1.54, 1.807) is 0 Å². The van der Waals surface area contributed by atoms with Crippen molar-refractivity contribution >= 4 is 29.4 Å². The zero-order valence-electron chi connectivity index (χ0n) is 13.6. The summed E-state index contributed by atoms with van der Waals surface area (Å²) in [6.45, 7) is 1.17. The van der Waals surface area contributed by atoms with Gasteiger partial charge in [0.15, 0.2) is 11.0 Å². The third-order valence-corrected chi connectivity index (χ3v) is 3.92. The summed E-state index contributed by atoms with van der Waals surface area (Å²) in [6, 6.07) is 2.98. The molecule has 1 aliphatic rings. The third-order valence-electron chi connectivity index (χ3n) is 3.65. The van der Waals surface area contributed by atoms with E-state index in [1.165, 1.54) is 0 Å². The Kier molecular flexibility index (Phi) is 7.78. The molecule has 27 heavy (non-hydrogen) atoms. The molecule has 0 bridgehead atoms. The smallest absolute Gasteiger partial charge is 0.481 e. The van der Waals surface area contributed by atoms with Crippen LogP contribution in [-0.2, 0) is 9.59 Å². The van der Waals surface area contributed by atoms with E-state index in [1.807, 2.05) is 11.0 Å². The number of rotatable bonds is 3. The molecule has 0 saturated carbocycles. The Morgan fingerprint density at radius 1 is 1.33 bits per heavy atom. The van der Waals surface area contributed by atoms with Crippen LogP contribution in [0.1, 0.15) is 24.8 Å². The number of pyridine rings is 1. The van der Waals surface area contributed by atoms with E-state index in [0.717, 1.165) is 6.07 Å². The van der Waals surface area contributed by atoms with Crippen LogP contribution in [0.4, 0.5) is 23.4 Å². The average Bonchev–Trinajstić information content (AvgIpc) is 2.57. The van der Waals surface area contributed by atoms with Gasteiger partial charge in [-0.15, -0.1) is 0 Å². The first kappa shape index (κ1) is 22.4. The quantitative estimate of drug-likeness (QED) is 0.580. The van der Waals surface area contributed by atoms with Gasteiger partial charge in [-0.3, -0.25) is 4.79 Å². The SMILES string of the molecule is N#Cc1cc(F)c(Cl)nc1N1CCC(CC(=O)O)CC1.O=C(O)C(F)(F)F. The predicted octanol–water partition coefficient (Wildman–Crippen LogP) is 3.07. The van der Waals surface area contributed by atoms with Gasteiger partial charge in [0, 0.05) is 19.5 Å². The Hall–Kier alpha value is -2.61. The molecule has 0 atom stereocenters. The van der Waals surface area contributed by atoms with E-state index in [0.29, 0.717) is 31.7 Å². The van der Waals surface area contributed by atoms with Gasteiger partial charge in [-0.25, -0.2) is 14.2 Å². The van der Waals surface area contributed by atoms with Crippen LogP contribution in [0.25, 0.3) is 0 Å². The van der Waals surface area contributed by atoms with E-state index >= 15 is 0 Å². The van der Waals surface area contributed by atoms with Crippen molar-refractivity contribution in [2.24, 2.45) is 5.92 Å². The van der Waals surface area contributed by atoms with Gasteiger partial charge < -0.3 is 15.1 Å². The van der Waals surface area contributed by atoms with Crippen molar-refractivity contribution in [1.29, 1.82) is 5.26 Å². The van der Waals surface area contributed by atoms with Crippen molar-refractivity contribution in [1.82, 2.24) is 4.98 Å². The van der Waals surface area contributed by atoms with Crippen molar-refractivity contribution in [2.45, 2.75) is 25.4 Å². The molecule has 0 spiro atoms. The number of hydrogen-bond acceptors (Lipinski definition) is 5. The number of piperidine rings is 1. The lowest BCUT2D eigenvalue weighted by Gasteiger charge is -2.32. The Morgan fingerprint density at radius 3 is 2.26 bits per heavy atom. The summed E-state index contributed by atoms with van der Waals surface area (Å²) in [6.07, 6.45) is -3.53. The molecule has 0 radical (unpaired) electrons. The van der Waals surface area contributed by atoms with Crippen LogP contribution in [0.5, 0.6) is 0 Å². The number of carboxylic acid groups (broad SMARTS) is 2. The zero-order chi connectivity index (χ0) is 20.8. The molecule has 1 saturated heterocycles. The molecule has 0 aromatic carbocycles. The normalized spacial score (nSPS) is 14.7. The second kappa shape index (κ2) is 9.36. The van der Waals surface area contributed by atoms with Gasteiger partial charge in [0.1, 0.15) is 11.9 Å². The number of carbonyl (C=O) groups is 2. The van der Waals surface area contributed by atoms with Crippen LogP contribution in [-0.4, -0.2) is 46.4 Å². The molecule has 1 aromatic rings.